The summed E-state index contributed by atoms with van der Waals surface area (Å²) in [6.07, 6.45) is 1.01. The van der Waals surface area contributed by atoms with Gasteiger partial charge in [-0.05, 0) is 75.6 Å². The SMILES string of the molecule is CC(C)(C)OC(=O)N1C2CCC1(c1cc(F)c3c(c1F)CCC(NC(=O)OCc1ccccc1)C3)CNC2. The first-order valence-electron chi connectivity index (χ1n) is 13.3. The van der Waals surface area contributed by atoms with E-state index in [1.54, 1.807) is 25.7 Å². The third-order valence-corrected chi connectivity index (χ3v) is 7.76. The molecule has 0 radical (unpaired) electrons. The van der Waals surface area contributed by atoms with Crippen LogP contribution in [0.5, 0.6) is 0 Å². The number of nitrogens with zero attached hydrogens (tertiary/aromatic N) is 1. The lowest BCUT2D eigenvalue weighted by Crippen LogP contribution is -2.61. The Labute approximate surface area is 221 Å². The number of piperazine rings is 1. The van der Waals surface area contributed by atoms with E-state index in [-0.39, 0.29) is 42.7 Å². The van der Waals surface area contributed by atoms with Gasteiger partial charge in [0.25, 0.3) is 0 Å². The topological polar surface area (TPSA) is 79.9 Å². The van der Waals surface area contributed by atoms with Crippen LogP contribution in [0.15, 0.2) is 36.4 Å². The average Bonchev–Trinajstić information content (AvgIpc) is 3.10. The van der Waals surface area contributed by atoms with Gasteiger partial charge in [0.15, 0.2) is 0 Å². The number of hydrogen-bond acceptors (Lipinski definition) is 5. The maximum absolute atomic E-state index is 16.2. The monoisotopic (exact) mass is 527 g/mol. The van der Waals surface area contributed by atoms with Gasteiger partial charge in [-0.25, -0.2) is 18.4 Å². The van der Waals surface area contributed by atoms with E-state index < -0.39 is 35.0 Å². The smallest absolute Gasteiger partial charge is 0.411 e. The number of nitrogens with one attached hydrogen (secondary N) is 2. The Morgan fingerprint density at radius 2 is 1.92 bits per heavy atom. The van der Waals surface area contributed by atoms with Crippen molar-refractivity contribution in [1.82, 2.24) is 15.5 Å². The molecule has 7 nitrogen and oxygen atoms in total. The predicted octanol–water partition coefficient (Wildman–Crippen LogP) is 4.95. The van der Waals surface area contributed by atoms with E-state index in [9.17, 15) is 9.59 Å². The van der Waals surface area contributed by atoms with Crippen molar-refractivity contribution < 1.29 is 27.8 Å². The minimum Gasteiger partial charge on any atom is -0.445 e. The van der Waals surface area contributed by atoms with Gasteiger partial charge < -0.3 is 20.1 Å². The van der Waals surface area contributed by atoms with Crippen LogP contribution < -0.4 is 10.6 Å². The highest BCUT2D eigenvalue weighted by atomic mass is 19.1. The number of hydrogen-bond donors (Lipinski definition) is 2. The van der Waals surface area contributed by atoms with Crippen LogP contribution in [-0.2, 0) is 34.5 Å². The van der Waals surface area contributed by atoms with E-state index in [2.05, 4.69) is 10.6 Å². The molecule has 2 saturated heterocycles. The van der Waals surface area contributed by atoms with Gasteiger partial charge in [0.05, 0.1) is 5.54 Å². The van der Waals surface area contributed by atoms with Gasteiger partial charge in [-0.1, -0.05) is 30.3 Å². The van der Waals surface area contributed by atoms with Crippen molar-refractivity contribution in [3.05, 3.63) is 70.3 Å². The van der Waals surface area contributed by atoms with Crippen LogP contribution in [0.1, 0.15) is 62.3 Å². The normalized spacial score (nSPS) is 24.5. The molecule has 2 fully saturated rings. The second kappa shape index (κ2) is 10.2. The number of benzene rings is 2. The first kappa shape index (κ1) is 26.4. The molecule has 0 saturated carbocycles. The molecule has 2 aliphatic heterocycles. The average molecular weight is 528 g/mol. The zero-order chi connectivity index (χ0) is 27.1. The van der Waals surface area contributed by atoms with Gasteiger partial charge in [-0.2, -0.15) is 0 Å². The van der Waals surface area contributed by atoms with Crippen molar-refractivity contribution in [2.45, 2.75) is 82.7 Å². The lowest BCUT2D eigenvalue weighted by Gasteiger charge is -2.46. The van der Waals surface area contributed by atoms with E-state index >= 15 is 8.78 Å². The molecule has 1 aliphatic carbocycles. The number of amides is 2. The lowest BCUT2D eigenvalue weighted by molar-refractivity contribution is -0.0123. The molecule has 9 heteroatoms. The fraction of sp³-hybridized carbons (Fsp3) is 0.517. The van der Waals surface area contributed by atoms with E-state index in [0.717, 1.165) is 5.56 Å². The van der Waals surface area contributed by atoms with Crippen LogP contribution in [0.25, 0.3) is 0 Å². The zero-order valence-corrected chi connectivity index (χ0v) is 22.1. The zero-order valence-electron chi connectivity index (χ0n) is 22.1. The summed E-state index contributed by atoms with van der Waals surface area (Å²) >= 11 is 0. The molecule has 3 atom stereocenters. The van der Waals surface area contributed by atoms with Crippen LogP contribution in [-0.4, -0.2) is 47.9 Å². The molecule has 204 valence electrons. The number of carbonyl (C=O) groups excluding carboxylic acids is 2. The van der Waals surface area contributed by atoms with Crippen molar-refractivity contribution in [1.29, 1.82) is 0 Å². The van der Waals surface area contributed by atoms with Gasteiger partial charge in [-0.15, -0.1) is 0 Å². The molecule has 5 rings (SSSR count). The van der Waals surface area contributed by atoms with E-state index in [1.165, 1.54) is 6.07 Å². The predicted molar refractivity (Wildman–Crippen MR) is 138 cm³/mol. The first-order valence-corrected chi connectivity index (χ1v) is 13.3. The quantitative estimate of drug-likeness (QED) is 0.589. The van der Waals surface area contributed by atoms with Gasteiger partial charge in [0, 0.05) is 30.7 Å². The van der Waals surface area contributed by atoms with Crippen LogP contribution in [0.4, 0.5) is 18.4 Å². The molecular weight excluding hydrogens is 492 g/mol. The largest absolute Gasteiger partial charge is 0.445 e. The molecule has 2 aromatic rings. The van der Waals surface area contributed by atoms with E-state index in [4.69, 9.17) is 9.47 Å². The van der Waals surface area contributed by atoms with Gasteiger partial charge in [0.1, 0.15) is 23.8 Å². The fourth-order valence-electron chi connectivity index (χ4n) is 6.07. The molecule has 38 heavy (non-hydrogen) atoms. The minimum absolute atomic E-state index is 0.133. The number of ether oxygens (including phenoxy) is 2. The van der Waals surface area contributed by atoms with Crippen LogP contribution >= 0.6 is 0 Å². The molecule has 2 bridgehead atoms. The molecule has 2 heterocycles. The number of halogens is 2. The highest BCUT2D eigenvalue weighted by Crippen LogP contribution is 2.47. The summed E-state index contributed by atoms with van der Waals surface area (Å²) in [7, 11) is 0. The second-order valence-corrected chi connectivity index (χ2v) is 11.5. The summed E-state index contributed by atoms with van der Waals surface area (Å²) in [5.74, 6) is -0.988. The van der Waals surface area contributed by atoms with Crippen molar-refractivity contribution in [3.8, 4) is 0 Å². The molecule has 2 amide bonds. The van der Waals surface area contributed by atoms with E-state index in [0.29, 0.717) is 37.9 Å². The second-order valence-electron chi connectivity index (χ2n) is 11.5. The number of alkyl carbamates (subject to hydrolysis) is 1. The van der Waals surface area contributed by atoms with Crippen LogP contribution in [0.3, 0.4) is 0 Å². The van der Waals surface area contributed by atoms with Crippen molar-refractivity contribution in [2.75, 3.05) is 13.1 Å². The maximum Gasteiger partial charge on any atom is 0.411 e. The van der Waals surface area contributed by atoms with Gasteiger partial charge in [-0.3, -0.25) is 4.90 Å². The number of carbonyl (C=O) groups is 2. The summed E-state index contributed by atoms with van der Waals surface area (Å²) < 4.78 is 42.7. The fourth-order valence-corrected chi connectivity index (χ4v) is 6.07. The standard InChI is InChI=1S/C29H35F2N3O4/c1-28(2,3)38-27(36)34-20-11-12-29(34,17-32-15-20)23-14-24(30)22-13-19(9-10-21(22)25(23)31)33-26(35)37-16-18-7-5-4-6-8-18/h4-8,14,19-20,32H,9-13,15-17H2,1-3H3,(H,33,35). The molecule has 3 unspecified atom stereocenters. The summed E-state index contributed by atoms with van der Waals surface area (Å²) in [5, 5.41) is 6.11. The highest BCUT2D eigenvalue weighted by Gasteiger charge is 2.55. The molecule has 0 spiro atoms. The van der Waals surface area contributed by atoms with Gasteiger partial charge >= 0.3 is 12.2 Å². The Kier molecular flexibility index (Phi) is 7.07. The van der Waals surface area contributed by atoms with Crippen LogP contribution in [0, 0.1) is 11.6 Å². The number of rotatable bonds is 4. The Morgan fingerprint density at radius 3 is 2.66 bits per heavy atom. The summed E-state index contributed by atoms with van der Waals surface area (Å²) in [5.41, 5.74) is -0.0623. The summed E-state index contributed by atoms with van der Waals surface area (Å²) in [6.45, 7) is 6.43. The van der Waals surface area contributed by atoms with E-state index in [1.807, 2.05) is 30.3 Å². The molecule has 2 aromatic carbocycles. The van der Waals surface area contributed by atoms with Crippen LogP contribution in [0.2, 0.25) is 0 Å². The Bertz CT molecular complexity index is 1210. The van der Waals surface area contributed by atoms with Gasteiger partial charge in [0.2, 0.25) is 0 Å². The molecular formula is C29H35F2N3O4. The summed E-state index contributed by atoms with van der Waals surface area (Å²) in [4.78, 5) is 27.2. The summed E-state index contributed by atoms with van der Waals surface area (Å²) in [6, 6.07) is 10.1. The van der Waals surface area contributed by atoms with Crippen molar-refractivity contribution in [2.24, 2.45) is 0 Å². The lowest BCUT2D eigenvalue weighted by atomic mass is 9.80. The maximum atomic E-state index is 16.2. The van der Waals surface area contributed by atoms with Crippen molar-refractivity contribution in [3.63, 3.8) is 0 Å². The Hall–Kier alpha value is -3.20. The first-order chi connectivity index (χ1) is 18.1. The molecule has 3 aliphatic rings. The Balaban J connectivity index is 1.35. The third-order valence-electron chi connectivity index (χ3n) is 7.76. The highest BCUT2D eigenvalue weighted by molar-refractivity contribution is 5.71. The molecule has 2 N–H and O–H groups in total. The minimum atomic E-state index is -1.01. The van der Waals surface area contributed by atoms with Crippen molar-refractivity contribution >= 4 is 12.2 Å². The molecule has 0 aromatic heterocycles. The number of fused-ring (bicyclic) bond motifs is 3. The Morgan fingerprint density at radius 1 is 1.16 bits per heavy atom. The third kappa shape index (κ3) is 5.08.